The van der Waals surface area contributed by atoms with Gasteiger partial charge in [0.05, 0.1) is 5.02 Å². The smallest absolute Gasteiger partial charge is 0.141 e. The number of halogens is 2. The zero-order valence-electron chi connectivity index (χ0n) is 7.61. The summed E-state index contributed by atoms with van der Waals surface area (Å²) in [4.78, 5) is 3.98. The molecule has 1 aromatic carbocycles. The van der Waals surface area contributed by atoms with Gasteiger partial charge in [-0.05, 0) is 30.3 Å². The number of hydrogen-bond donors (Lipinski definition) is 1. The minimum atomic E-state index is -0.417. The number of nitrogens with zero attached hydrogens (tertiary/aromatic N) is 1. The van der Waals surface area contributed by atoms with Crippen molar-refractivity contribution in [1.82, 2.24) is 4.98 Å². The van der Waals surface area contributed by atoms with Crippen LogP contribution in [0.4, 0.5) is 4.39 Å². The van der Waals surface area contributed by atoms with Crippen LogP contribution >= 0.6 is 11.6 Å². The van der Waals surface area contributed by atoms with Crippen LogP contribution in [0.25, 0.3) is 11.3 Å². The van der Waals surface area contributed by atoms with Crippen molar-refractivity contribution in [3.05, 3.63) is 47.4 Å². The molecule has 76 valence electrons. The van der Waals surface area contributed by atoms with E-state index in [1.807, 2.05) is 0 Å². The Morgan fingerprint density at radius 2 is 2.07 bits per heavy atom. The molecule has 4 heteroatoms. The molecule has 0 spiro atoms. The van der Waals surface area contributed by atoms with Crippen molar-refractivity contribution in [1.29, 1.82) is 0 Å². The van der Waals surface area contributed by atoms with E-state index in [9.17, 15) is 9.50 Å². The fraction of sp³-hybridized carbons (Fsp3) is 0. The first-order chi connectivity index (χ1) is 7.18. The second-order valence-electron chi connectivity index (χ2n) is 3.00. The molecule has 1 heterocycles. The van der Waals surface area contributed by atoms with Gasteiger partial charge in [0.1, 0.15) is 17.3 Å². The lowest BCUT2D eigenvalue weighted by molar-refractivity contribution is 0.475. The van der Waals surface area contributed by atoms with Crippen molar-refractivity contribution in [3.63, 3.8) is 0 Å². The Labute approximate surface area is 91.0 Å². The van der Waals surface area contributed by atoms with Gasteiger partial charge in [-0.15, -0.1) is 0 Å². The van der Waals surface area contributed by atoms with E-state index in [0.29, 0.717) is 11.3 Å². The normalized spacial score (nSPS) is 10.3. The van der Waals surface area contributed by atoms with Crippen molar-refractivity contribution in [2.45, 2.75) is 0 Å². The van der Waals surface area contributed by atoms with Crippen LogP contribution < -0.4 is 0 Å². The highest BCUT2D eigenvalue weighted by molar-refractivity contribution is 6.33. The van der Waals surface area contributed by atoms with Gasteiger partial charge in [0, 0.05) is 11.8 Å². The van der Waals surface area contributed by atoms with E-state index in [0.717, 1.165) is 0 Å². The molecule has 2 nitrogen and oxygen atoms in total. The predicted octanol–water partition coefficient (Wildman–Crippen LogP) is 3.25. The third-order valence-electron chi connectivity index (χ3n) is 1.97. The quantitative estimate of drug-likeness (QED) is 0.805. The standard InChI is InChI=1S/C11H7ClFNO/c12-9-6-7(13)3-4-8(9)11-10(15)2-1-5-14-11/h1-6,15H. The molecule has 1 N–H and O–H groups in total. The summed E-state index contributed by atoms with van der Waals surface area (Å²) < 4.78 is 12.8. The fourth-order valence-electron chi connectivity index (χ4n) is 1.29. The molecular formula is C11H7ClFNO. The molecule has 0 aliphatic carbocycles. The van der Waals surface area contributed by atoms with Gasteiger partial charge in [0.25, 0.3) is 0 Å². The minimum absolute atomic E-state index is 0.0195. The van der Waals surface area contributed by atoms with Crippen molar-refractivity contribution < 1.29 is 9.50 Å². The molecule has 0 atom stereocenters. The number of benzene rings is 1. The fourth-order valence-corrected chi connectivity index (χ4v) is 1.54. The SMILES string of the molecule is Oc1cccnc1-c1ccc(F)cc1Cl. The van der Waals surface area contributed by atoms with E-state index >= 15 is 0 Å². The molecule has 0 unspecified atom stereocenters. The summed E-state index contributed by atoms with van der Waals surface area (Å²) in [6, 6.07) is 7.05. The first-order valence-corrected chi connectivity index (χ1v) is 4.65. The summed E-state index contributed by atoms with van der Waals surface area (Å²) >= 11 is 5.84. The van der Waals surface area contributed by atoms with Crippen molar-refractivity contribution >= 4 is 11.6 Å². The predicted molar refractivity (Wildman–Crippen MR) is 56.3 cm³/mol. The highest BCUT2D eigenvalue weighted by Gasteiger charge is 2.09. The number of hydrogen-bond acceptors (Lipinski definition) is 2. The summed E-state index contributed by atoms with van der Waals surface area (Å²) in [7, 11) is 0. The molecule has 0 aliphatic rings. The van der Waals surface area contributed by atoms with Crippen molar-refractivity contribution in [2.75, 3.05) is 0 Å². The van der Waals surface area contributed by atoms with Crippen molar-refractivity contribution in [3.8, 4) is 17.0 Å². The third-order valence-corrected chi connectivity index (χ3v) is 2.29. The zero-order chi connectivity index (χ0) is 10.8. The second kappa shape index (κ2) is 3.87. The maximum Gasteiger partial charge on any atom is 0.141 e. The molecule has 2 rings (SSSR count). The number of aromatic hydroxyl groups is 1. The van der Waals surface area contributed by atoms with Crippen LogP contribution in [-0.2, 0) is 0 Å². The Hall–Kier alpha value is -1.61. The molecule has 0 amide bonds. The van der Waals surface area contributed by atoms with E-state index in [1.54, 1.807) is 6.07 Å². The van der Waals surface area contributed by atoms with Crippen molar-refractivity contribution in [2.24, 2.45) is 0 Å². The maximum absolute atomic E-state index is 12.8. The van der Waals surface area contributed by atoms with Gasteiger partial charge < -0.3 is 5.11 Å². The van der Waals surface area contributed by atoms with E-state index in [-0.39, 0.29) is 10.8 Å². The highest BCUT2D eigenvalue weighted by Crippen LogP contribution is 2.32. The molecule has 15 heavy (non-hydrogen) atoms. The highest BCUT2D eigenvalue weighted by atomic mass is 35.5. The van der Waals surface area contributed by atoms with Gasteiger partial charge in [0.2, 0.25) is 0 Å². The molecule has 0 saturated heterocycles. The summed E-state index contributed by atoms with van der Waals surface area (Å²) in [5.41, 5.74) is 0.860. The van der Waals surface area contributed by atoms with Crippen LogP contribution in [-0.4, -0.2) is 10.1 Å². The number of pyridine rings is 1. The molecule has 0 saturated carbocycles. The number of aromatic nitrogens is 1. The van der Waals surface area contributed by atoms with Gasteiger partial charge in [-0.3, -0.25) is 4.98 Å². The molecule has 1 aromatic heterocycles. The van der Waals surface area contributed by atoms with Gasteiger partial charge in [-0.2, -0.15) is 0 Å². The largest absolute Gasteiger partial charge is 0.506 e. The summed E-state index contributed by atoms with van der Waals surface area (Å²) in [6.07, 6.45) is 1.54. The first-order valence-electron chi connectivity index (χ1n) is 4.28. The lowest BCUT2D eigenvalue weighted by Gasteiger charge is -2.05. The van der Waals surface area contributed by atoms with Crippen LogP contribution in [0.1, 0.15) is 0 Å². The summed E-state index contributed by atoms with van der Waals surface area (Å²) in [5.74, 6) is -0.398. The zero-order valence-corrected chi connectivity index (χ0v) is 8.37. The number of rotatable bonds is 1. The lowest BCUT2D eigenvalue weighted by atomic mass is 10.1. The van der Waals surface area contributed by atoms with E-state index in [4.69, 9.17) is 11.6 Å². The van der Waals surface area contributed by atoms with Crippen LogP contribution in [0.15, 0.2) is 36.5 Å². The minimum Gasteiger partial charge on any atom is -0.506 e. The molecule has 0 aliphatic heterocycles. The monoisotopic (exact) mass is 223 g/mol. The molecule has 0 fully saturated rings. The summed E-state index contributed by atoms with van der Waals surface area (Å²) in [6.45, 7) is 0. The van der Waals surface area contributed by atoms with E-state index in [1.165, 1.54) is 30.5 Å². The first kappa shape index (κ1) is 9.93. The topological polar surface area (TPSA) is 33.1 Å². The van der Waals surface area contributed by atoms with Crippen LogP contribution in [0, 0.1) is 5.82 Å². The van der Waals surface area contributed by atoms with Crippen LogP contribution in [0.3, 0.4) is 0 Å². The Kier molecular flexibility index (Phi) is 2.56. The van der Waals surface area contributed by atoms with E-state index < -0.39 is 5.82 Å². The van der Waals surface area contributed by atoms with Crippen LogP contribution in [0.5, 0.6) is 5.75 Å². The van der Waals surface area contributed by atoms with Gasteiger partial charge in [-0.25, -0.2) is 4.39 Å². The Morgan fingerprint density at radius 1 is 1.27 bits per heavy atom. The van der Waals surface area contributed by atoms with Crippen LogP contribution in [0.2, 0.25) is 5.02 Å². The second-order valence-corrected chi connectivity index (χ2v) is 3.40. The molecule has 0 bridgehead atoms. The maximum atomic E-state index is 12.8. The molecular weight excluding hydrogens is 217 g/mol. The third kappa shape index (κ3) is 1.92. The van der Waals surface area contributed by atoms with E-state index in [2.05, 4.69) is 4.98 Å². The van der Waals surface area contributed by atoms with Gasteiger partial charge in [0.15, 0.2) is 0 Å². The van der Waals surface area contributed by atoms with Gasteiger partial charge in [-0.1, -0.05) is 11.6 Å². The Bertz CT molecular complexity index is 502. The molecule has 0 radical (unpaired) electrons. The Morgan fingerprint density at radius 3 is 2.73 bits per heavy atom. The van der Waals surface area contributed by atoms with Gasteiger partial charge >= 0.3 is 0 Å². The average molecular weight is 224 g/mol. The molecule has 2 aromatic rings. The lowest BCUT2D eigenvalue weighted by Crippen LogP contribution is -1.85. The summed E-state index contributed by atoms with van der Waals surface area (Å²) in [5, 5.41) is 9.77. The average Bonchev–Trinajstić information content (AvgIpc) is 2.20. The Balaban J connectivity index is 2.60.